The zero-order valence-electron chi connectivity index (χ0n) is 11.4. The molecule has 96 valence electrons. The van der Waals surface area contributed by atoms with E-state index < -0.39 is 0 Å². The van der Waals surface area contributed by atoms with E-state index in [1.165, 1.54) is 21.9 Å². The number of aromatic nitrogens is 1. The van der Waals surface area contributed by atoms with Crippen LogP contribution >= 0.6 is 0 Å². The molecular weight excluding hydrogens is 242 g/mol. The molecule has 1 aromatic heterocycles. The zero-order chi connectivity index (χ0) is 13.9. The molecule has 1 heteroatoms. The number of aromatic amines is 1. The molecule has 1 N–H and O–H groups in total. The van der Waals surface area contributed by atoms with E-state index in [2.05, 4.69) is 53.4 Å². The maximum absolute atomic E-state index is 5.29. The fourth-order valence-corrected chi connectivity index (χ4v) is 2.52. The first-order chi connectivity index (χ1) is 9.83. The number of para-hydroxylation sites is 1. The topological polar surface area (TPSA) is 15.8 Å². The van der Waals surface area contributed by atoms with E-state index in [-0.39, 0.29) is 0 Å². The molecule has 3 aromatic rings. The lowest BCUT2D eigenvalue weighted by atomic mass is 10.0. The molecule has 0 amide bonds. The summed E-state index contributed by atoms with van der Waals surface area (Å²) in [5.41, 5.74) is 4.64. The van der Waals surface area contributed by atoms with E-state index in [1.54, 1.807) is 6.08 Å². The summed E-state index contributed by atoms with van der Waals surface area (Å²) < 4.78 is 0. The van der Waals surface area contributed by atoms with Crippen molar-refractivity contribution >= 4 is 27.4 Å². The van der Waals surface area contributed by atoms with E-state index in [1.807, 2.05) is 19.1 Å². The van der Waals surface area contributed by atoms with Crippen molar-refractivity contribution in [3.8, 4) is 12.3 Å². The van der Waals surface area contributed by atoms with Crippen molar-refractivity contribution in [1.82, 2.24) is 4.98 Å². The Hall–Kier alpha value is -2.72. The number of H-pyrrole nitrogens is 1. The molecule has 1 nitrogen and oxygen atoms in total. The number of nitrogens with one attached hydrogen (secondary N) is 1. The molecule has 2 aromatic carbocycles. The van der Waals surface area contributed by atoms with Crippen molar-refractivity contribution in [2.45, 2.75) is 6.92 Å². The number of allylic oxidation sites excluding steroid dienone is 4. The molecule has 1 heterocycles. The van der Waals surface area contributed by atoms with Gasteiger partial charge in [-0.2, -0.15) is 0 Å². The Kier molecular flexibility index (Phi) is 3.15. The molecule has 0 spiro atoms. The van der Waals surface area contributed by atoms with Crippen molar-refractivity contribution in [3.63, 3.8) is 0 Å². The molecule has 20 heavy (non-hydrogen) atoms. The van der Waals surface area contributed by atoms with Gasteiger partial charge in [-0.05, 0) is 48.4 Å². The van der Waals surface area contributed by atoms with Gasteiger partial charge in [0.25, 0.3) is 0 Å². The van der Waals surface area contributed by atoms with Crippen LogP contribution in [0.4, 0.5) is 0 Å². The highest BCUT2D eigenvalue weighted by atomic mass is 14.7. The molecule has 0 unspecified atom stereocenters. The Morgan fingerprint density at radius 3 is 2.70 bits per heavy atom. The van der Waals surface area contributed by atoms with Gasteiger partial charge >= 0.3 is 0 Å². The van der Waals surface area contributed by atoms with Crippen LogP contribution < -0.4 is 0 Å². The highest BCUT2D eigenvalue weighted by Crippen LogP contribution is 2.28. The third-order valence-electron chi connectivity index (χ3n) is 3.51. The molecule has 0 bridgehead atoms. The first kappa shape index (κ1) is 12.3. The summed E-state index contributed by atoms with van der Waals surface area (Å²) in [6.07, 6.45) is 11.1. The van der Waals surface area contributed by atoms with Crippen LogP contribution in [0.2, 0.25) is 0 Å². The van der Waals surface area contributed by atoms with Crippen LogP contribution in [-0.2, 0) is 0 Å². The third kappa shape index (κ3) is 2.02. The number of hydrogen-bond donors (Lipinski definition) is 1. The van der Waals surface area contributed by atoms with Crippen molar-refractivity contribution in [1.29, 1.82) is 0 Å². The van der Waals surface area contributed by atoms with E-state index in [0.717, 1.165) is 11.1 Å². The van der Waals surface area contributed by atoms with Gasteiger partial charge in [-0.3, -0.25) is 0 Å². The molecular formula is C19H15N. The van der Waals surface area contributed by atoms with Gasteiger partial charge in [0.2, 0.25) is 0 Å². The van der Waals surface area contributed by atoms with Crippen molar-refractivity contribution < 1.29 is 0 Å². The van der Waals surface area contributed by atoms with E-state index in [9.17, 15) is 0 Å². The molecule has 0 aliphatic heterocycles. The van der Waals surface area contributed by atoms with Crippen LogP contribution in [-0.4, -0.2) is 4.98 Å². The maximum Gasteiger partial charge on any atom is 0.0465 e. The van der Waals surface area contributed by atoms with E-state index in [4.69, 9.17) is 6.42 Å². The number of hydrogen-bond acceptors (Lipinski definition) is 0. The summed E-state index contributed by atoms with van der Waals surface area (Å²) in [4.78, 5) is 3.44. The summed E-state index contributed by atoms with van der Waals surface area (Å²) in [5.74, 6) is 2.54. The van der Waals surface area contributed by atoms with E-state index >= 15 is 0 Å². The Morgan fingerprint density at radius 1 is 1.10 bits per heavy atom. The molecule has 0 aliphatic carbocycles. The van der Waals surface area contributed by atoms with Crippen LogP contribution in [0.1, 0.15) is 12.5 Å². The first-order valence-electron chi connectivity index (χ1n) is 6.63. The van der Waals surface area contributed by atoms with Crippen molar-refractivity contribution in [2.24, 2.45) is 0 Å². The molecule has 0 radical (unpaired) electrons. The number of fused-ring (bicyclic) bond motifs is 3. The predicted molar refractivity (Wildman–Crippen MR) is 87.4 cm³/mol. The van der Waals surface area contributed by atoms with Crippen LogP contribution in [0.25, 0.3) is 27.4 Å². The average molecular weight is 257 g/mol. The molecule has 0 fully saturated rings. The first-order valence-corrected chi connectivity index (χ1v) is 6.63. The summed E-state index contributed by atoms with van der Waals surface area (Å²) in [6.45, 7) is 2.02. The second-order valence-corrected chi connectivity index (χ2v) is 4.67. The fraction of sp³-hybridized carbons (Fsp3) is 0.0526. The fourth-order valence-electron chi connectivity index (χ4n) is 2.52. The molecule has 3 rings (SSSR count). The lowest BCUT2D eigenvalue weighted by Crippen LogP contribution is -1.80. The van der Waals surface area contributed by atoms with Crippen LogP contribution in [0.3, 0.4) is 0 Å². The normalized spacial score (nSPS) is 12.3. The Bertz CT molecular complexity index is 870. The average Bonchev–Trinajstić information content (AvgIpc) is 2.86. The lowest BCUT2D eigenvalue weighted by molar-refractivity contribution is 1.54. The van der Waals surface area contributed by atoms with Crippen LogP contribution in [0.15, 0.2) is 60.7 Å². The van der Waals surface area contributed by atoms with Gasteiger partial charge < -0.3 is 4.98 Å². The highest BCUT2D eigenvalue weighted by Gasteiger charge is 2.05. The second kappa shape index (κ2) is 5.11. The smallest absolute Gasteiger partial charge is 0.0465 e. The lowest BCUT2D eigenvalue weighted by Gasteiger charge is -2.02. The number of rotatable bonds is 2. The van der Waals surface area contributed by atoms with Crippen LogP contribution in [0, 0.1) is 12.3 Å². The zero-order valence-corrected chi connectivity index (χ0v) is 11.4. The van der Waals surface area contributed by atoms with Gasteiger partial charge in [0, 0.05) is 21.8 Å². The third-order valence-corrected chi connectivity index (χ3v) is 3.51. The van der Waals surface area contributed by atoms with Crippen molar-refractivity contribution in [3.05, 3.63) is 66.3 Å². The van der Waals surface area contributed by atoms with Gasteiger partial charge in [0.15, 0.2) is 0 Å². The summed E-state index contributed by atoms with van der Waals surface area (Å²) in [6, 6.07) is 14.8. The number of benzene rings is 2. The minimum Gasteiger partial charge on any atom is -0.355 e. The minimum absolute atomic E-state index is 1.13. The molecule has 0 atom stereocenters. The Balaban J connectivity index is 2.22. The second-order valence-electron chi connectivity index (χ2n) is 4.67. The Morgan fingerprint density at radius 2 is 1.90 bits per heavy atom. The van der Waals surface area contributed by atoms with Gasteiger partial charge in [0.05, 0.1) is 0 Å². The van der Waals surface area contributed by atoms with Crippen molar-refractivity contribution in [2.75, 3.05) is 0 Å². The predicted octanol–water partition coefficient (Wildman–Crippen LogP) is 4.91. The molecule has 0 saturated heterocycles. The van der Waals surface area contributed by atoms with E-state index in [0.29, 0.717) is 0 Å². The van der Waals surface area contributed by atoms with Gasteiger partial charge in [-0.1, -0.05) is 36.3 Å². The molecule has 0 saturated carbocycles. The summed E-state index contributed by atoms with van der Waals surface area (Å²) in [5, 5.41) is 2.49. The summed E-state index contributed by atoms with van der Waals surface area (Å²) >= 11 is 0. The standard InChI is InChI=1S/C19H15N/c1-3-5-8-14(4-2)15-11-12-19-17(13-15)16-9-6-7-10-18(16)20-19/h1,4-13,20H,2H3/b8-5-,14-4+. The quantitative estimate of drug-likeness (QED) is 0.495. The monoisotopic (exact) mass is 257 g/mol. The number of terminal acetylenes is 1. The largest absolute Gasteiger partial charge is 0.355 e. The highest BCUT2D eigenvalue weighted by molar-refractivity contribution is 6.08. The Labute approximate surface area is 118 Å². The van der Waals surface area contributed by atoms with Gasteiger partial charge in [-0.15, -0.1) is 6.42 Å². The minimum atomic E-state index is 1.13. The van der Waals surface area contributed by atoms with Crippen LogP contribution in [0.5, 0.6) is 0 Å². The maximum atomic E-state index is 5.29. The SMILES string of the molecule is C#C/C=C\C(=C/C)c1ccc2[nH]c3ccccc3c2c1. The summed E-state index contributed by atoms with van der Waals surface area (Å²) in [7, 11) is 0. The molecule has 0 aliphatic rings. The van der Waals surface area contributed by atoms with Gasteiger partial charge in [-0.25, -0.2) is 0 Å². The van der Waals surface area contributed by atoms with Gasteiger partial charge in [0.1, 0.15) is 0 Å².